The third-order valence-electron chi connectivity index (χ3n) is 3.92. The second kappa shape index (κ2) is 9.84. The largest absolute Gasteiger partial charge is 0.273 e. The average molecular weight is 357 g/mol. The van der Waals surface area contributed by atoms with Gasteiger partial charge in [-0.15, -0.1) is 0 Å². The number of hydrogen-bond acceptors (Lipinski definition) is 5. The Morgan fingerprint density at radius 2 is 2.20 bits per heavy atom. The lowest BCUT2D eigenvalue weighted by Gasteiger charge is -2.27. The van der Waals surface area contributed by atoms with Crippen molar-refractivity contribution in [2.75, 3.05) is 19.3 Å². The highest BCUT2D eigenvalue weighted by molar-refractivity contribution is 8.13. The van der Waals surface area contributed by atoms with Crippen LogP contribution in [0, 0.1) is 17.4 Å². The van der Waals surface area contributed by atoms with Gasteiger partial charge in [0, 0.05) is 25.4 Å². The first kappa shape index (κ1) is 19.0. The topological polar surface area (TPSA) is 80.8 Å². The van der Waals surface area contributed by atoms with Gasteiger partial charge in [-0.25, -0.2) is 5.01 Å². The molecular weight excluding hydrogens is 334 g/mol. The number of nitrogens with one attached hydrogen (secondary N) is 1. The van der Waals surface area contributed by atoms with Crippen molar-refractivity contribution in [2.45, 2.75) is 26.2 Å². The predicted octanol–water partition coefficient (Wildman–Crippen LogP) is 2.83. The van der Waals surface area contributed by atoms with Gasteiger partial charge in [0.15, 0.2) is 11.4 Å². The molecule has 0 saturated carbocycles. The van der Waals surface area contributed by atoms with Crippen LogP contribution in [-0.2, 0) is 4.79 Å². The van der Waals surface area contributed by atoms with E-state index < -0.39 is 0 Å². The van der Waals surface area contributed by atoms with Crippen molar-refractivity contribution in [2.24, 2.45) is 16.0 Å². The Kier molecular flexibility index (Phi) is 7.48. The van der Waals surface area contributed by atoms with Crippen LogP contribution >= 0.6 is 11.8 Å². The maximum absolute atomic E-state index is 12.2. The summed E-state index contributed by atoms with van der Waals surface area (Å²) < 4.78 is 0. The smallest absolute Gasteiger partial charge is 0.243 e. The summed E-state index contributed by atoms with van der Waals surface area (Å²) in [5, 5.41) is 17.9. The van der Waals surface area contributed by atoms with E-state index in [9.17, 15) is 4.79 Å². The number of benzene rings is 1. The first-order valence-corrected chi connectivity index (χ1v) is 9.56. The predicted molar refractivity (Wildman–Crippen MR) is 102 cm³/mol. The fourth-order valence-electron chi connectivity index (χ4n) is 2.63. The third kappa shape index (κ3) is 5.61. The Hall–Kier alpha value is -2.33. The number of nitrogens with zero attached hydrogens (tertiary/aromatic N) is 4. The van der Waals surface area contributed by atoms with Crippen LogP contribution in [0.15, 0.2) is 40.4 Å². The number of rotatable bonds is 6. The number of amides is 1. The van der Waals surface area contributed by atoms with Crippen LogP contribution < -0.4 is 5.32 Å². The zero-order valence-corrected chi connectivity index (χ0v) is 15.4. The molecule has 1 aliphatic rings. The van der Waals surface area contributed by atoms with Gasteiger partial charge in [-0.2, -0.15) is 10.4 Å². The summed E-state index contributed by atoms with van der Waals surface area (Å²) >= 11 is 1.41. The van der Waals surface area contributed by atoms with Crippen molar-refractivity contribution in [1.29, 1.82) is 5.26 Å². The van der Waals surface area contributed by atoms with Crippen molar-refractivity contribution in [3.05, 3.63) is 35.9 Å². The lowest BCUT2D eigenvalue weighted by Crippen LogP contribution is -2.36. The van der Waals surface area contributed by atoms with Crippen LogP contribution in [0.25, 0.3) is 0 Å². The number of carbonyl (C=O) groups is 1. The molecule has 7 heteroatoms. The highest BCUT2D eigenvalue weighted by Gasteiger charge is 2.26. The first-order valence-electron chi connectivity index (χ1n) is 8.33. The number of hydrazone groups is 1. The number of hydrogen-bond donors (Lipinski definition) is 1. The van der Waals surface area contributed by atoms with Crippen LogP contribution in [-0.4, -0.2) is 41.1 Å². The minimum absolute atomic E-state index is 0.0756. The van der Waals surface area contributed by atoms with Gasteiger partial charge >= 0.3 is 0 Å². The summed E-state index contributed by atoms with van der Waals surface area (Å²) in [5.74, 6) is 0.212. The number of nitriles is 1. The van der Waals surface area contributed by atoms with E-state index in [1.807, 2.05) is 49.7 Å². The Morgan fingerprint density at radius 1 is 1.44 bits per heavy atom. The monoisotopic (exact) mass is 357 g/mol. The van der Waals surface area contributed by atoms with Gasteiger partial charge in [-0.05, 0) is 24.7 Å². The van der Waals surface area contributed by atoms with Gasteiger partial charge in [-0.3, -0.25) is 15.1 Å². The number of amidine groups is 1. The molecule has 0 spiro atoms. The molecule has 25 heavy (non-hydrogen) atoms. The second-order valence-electron chi connectivity index (χ2n) is 5.81. The van der Waals surface area contributed by atoms with Crippen molar-refractivity contribution in [1.82, 2.24) is 10.3 Å². The van der Waals surface area contributed by atoms with E-state index in [0.717, 1.165) is 24.1 Å². The number of carbonyl (C=O) groups excluding carboxylic acids is 1. The summed E-state index contributed by atoms with van der Waals surface area (Å²) in [6.45, 7) is 3.26. The highest BCUT2D eigenvalue weighted by atomic mass is 32.2. The number of unbranched alkanes of at least 4 members (excludes halogenated alkanes) is 1. The molecule has 2 rings (SSSR count). The molecular formula is C18H23N5OS. The van der Waals surface area contributed by atoms with E-state index in [0.29, 0.717) is 24.7 Å². The van der Waals surface area contributed by atoms with E-state index in [-0.39, 0.29) is 11.8 Å². The molecule has 1 aromatic carbocycles. The van der Waals surface area contributed by atoms with Crippen molar-refractivity contribution in [3.63, 3.8) is 0 Å². The van der Waals surface area contributed by atoms with E-state index in [4.69, 9.17) is 5.26 Å². The summed E-state index contributed by atoms with van der Waals surface area (Å²) in [5.41, 5.74) is 2.05. The summed E-state index contributed by atoms with van der Waals surface area (Å²) in [6, 6.07) is 10.0. The number of aliphatic imine (C=N–C) groups is 1. The van der Waals surface area contributed by atoms with Crippen LogP contribution in [0.1, 0.15) is 31.7 Å². The van der Waals surface area contributed by atoms with Crippen LogP contribution in [0.3, 0.4) is 0 Å². The van der Waals surface area contributed by atoms with Gasteiger partial charge in [0.1, 0.15) is 0 Å². The van der Waals surface area contributed by atoms with Crippen molar-refractivity contribution >= 4 is 28.5 Å². The molecule has 1 atom stereocenters. The van der Waals surface area contributed by atoms with Crippen molar-refractivity contribution in [3.8, 4) is 6.19 Å². The zero-order valence-electron chi connectivity index (χ0n) is 14.6. The molecule has 1 heterocycles. The van der Waals surface area contributed by atoms with Crippen LogP contribution in [0.4, 0.5) is 0 Å². The Labute approximate surface area is 153 Å². The molecule has 0 fully saturated rings. The van der Waals surface area contributed by atoms with Crippen molar-refractivity contribution < 1.29 is 4.79 Å². The van der Waals surface area contributed by atoms with Gasteiger partial charge in [0.25, 0.3) is 0 Å². The molecule has 0 aromatic heterocycles. The standard InChI is InChI=1S/C18H23N5OS/c1-14-12-16(24)23(22-17(14)15-8-4-3-5-9-15)11-7-6-10-20-18(25-2)21-13-19/h3-5,8-9,14H,6-7,10-12H2,1-2H3,(H,20,21). The van der Waals surface area contributed by atoms with E-state index in [1.54, 1.807) is 5.01 Å². The average Bonchev–Trinajstić information content (AvgIpc) is 2.62. The highest BCUT2D eigenvalue weighted by Crippen LogP contribution is 2.21. The van der Waals surface area contributed by atoms with E-state index in [2.05, 4.69) is 15.4 Å². The van der Waals surface area contributed by atoms with Gasteiger partial charge in [-0.1, -0.05) is 49.0 Å². The molecule has 1 amide bonds. The lowest BCUT2D eigenvalue weighted by atomic mass is 9.94. The van der Waals surface area contributed by atoms with Gasteiger partial charge in [0.2, 0.25) is 5.91 Å². The molecule has 0 radical (unpaired) electrons. The Morgan fingerprint density at radius 3 is 2.88 bits per heavy atom. The summed E-state index contributed by atoms with van der Waals surface area (Å²) in [6.07, 6.45) is 5.90. The lowest BCUT2D eigenvalue weighted by molar-refractivity contribution is -0.132. The SMILES string of the molecule is CSC(=NCCCCN1N=C(c2ccccc2)C(C)CC1=O)NC#N. The first-order chi connectivity index (χ1) is 12.2. The quantitative estimate of drug-likeness (QED) is 0.279. The maximum Gasteiger partial charge on any atom is 0.243 e. The molecule has 132 valence electrons. The Bertz CT molecular complexity index is 680. The third-order valence-corrected chi connectivity index (χ3v) is 4.54. The maximum atomic E-state index is 12.2. The van der Waals surface area contributed by atoms with Crippen LogP contribution in [0.2, 0.25) is 0 Å². The molecule has 1 N–H and O–H groups in total. The Balaban J connectivity index is 1.91. The number of thioether (sulfide) groups is 1. The van der Waals surface area contributed by atoms with Gasteiger partial charge < -0.3 is 0 Å². The molecule has 1 aromatic rings. The summed E-state index contributed by atoms with van der Waals surface area (Å²) in [4.78, 5) is 16.5. The molecule has 0 saturated heterocycles. The molecule has 6 nitrogen and oxygen atoms in total. The molecule has 0 bridgehead atoms. The van der Waals surface area contributed by atoms with Gasteiger partial charge in [0.05, 0.1) is 5.71 Å². The second-order valence-corrected chi connectivity index (χ2v) is 6.60. The normalized spacial score (nSPS) is 17.9. The zero-order chi connectivity index (χ0) is 18.1. The molecule has 0 aliphatic carbocycles. The van der Waals surface area contributed by atoms with Crippen LogP contribution in [0.5, 0.6) is 0 Å². The fraction of sp³-hybridized carbons (Fsp3) is 0.444. The minimum atomic E-state index is 0.0756. The van der Waals surface area contributed by atoms with E-state index in [1.165, 1.54) is 11.8 Å². The molecule has 1 aliphatic heterocycles. The fourth-order valence-corrected chi connectivity index (χ4v) is 3.00. The minimum Gasteiger partial charge on any atom is -0.273 e. The summed E-state index contributed by atoms with van der Waals surface area (Å²) in [7, 11) is 0. The molecule has 1 unspecified atom stereocenters. The van der Waals surface area contributed by atoms with E-state index >= 15 is 0 Å².